The summed E-state index contributed by atoms with van der Waals surface area (Å²) in [5.74, 6) is 1.37. The highest BCUT2D eigenvalue weighted by molar-refractivity contribution is 5.35. The van der Waals surface area contributed by atoms with Crippen molar-refractivity contribution in [2.24, 2.45) is 0 Å². The number of aromatic nitrogens is 2. The van der Waals surface area contributed by atoms with Crippen LogP contribution in [0.1, 0.15) is 26.7 Å². The van der Waals surface area contributed by atoms with E-state index < -0.39 is 0 Å². The molecule has 1 aliphatic heterocycles. The number of rotatable bonds is 4. The average molecular weight is 236 g/mol. The van der Waals surface area contributed by atoms with Crippen molar-refractivity contribution in [1.82, 2.24) is 15.3 Å². The van der Waals surface area contributed by atoms with Crippen molar-refractivity contribution in [2.45, 2.75) is 38.8 Å². The molecule has 0 radical (unpaired) electrons. The normalized spacial score (nSPS) is 24.4. The van der Waals surface area contributed by atoms with Gasteiger partial charge in [0.25, 0.3) is 0 Å². The van der Waals surface area contributed by atoms with Gasteiger partial charge >= 0.3 is 0 Å². The van der Waals surface area contributed by atoms with Crippen LogP contribution < -0.4 is 15.4 Å². The molecule has 5 heteroatoms. The van der Waals surface area contributed by atoms with Crippen molar-refractivity contribution in [1.29, 1.82) is 0 Å². The first kappa shape index (κ1) is 12.1. The molecule has 0 bridgehead atoms. The standard InChI is InChI=1S/C12H20N4O/c1-3-17-12-8-13-7-11(16-12)15-10-5-4-6-14-9(10)2/h7-10,14H,3-6H2,1-2H3,(H,15,16). The van der Waals surface area contributed by atoms with Crippen LogP contribution >= 0.6 is 0 Å². The number of ether oxygens (including phenoxy) is 1. The Kier molecular flexibility index (Phi) is 4.14. The minimum absolute atomic E-state index is 0.412. The number of nitrogens with zero attached hydrogens (tertiary/aromatic N) is 2. The highest BCUT2D eigenvalue weighted by atomic mass is 16.5. The third kappa shape index (κ3) is 3.30. The summed E-state index contributed by atoms with van der Waals surface area (Å²) in [5.41, 5.74) is 0. The van der Waals surface area contributed by atoms with Gasteiger partial charge in [-0.2, -0.15) is 4.98 Å². The van der Waals surface area contributed by atoms with E-state index in [-0.39, 0.29) is 0 Å². The molecule has 0 saturated carbocycles. The van der Waals surface area contributed by atoms with Crippen molar-refractivity contribution in [2.75, 3.05) is 18.5 Å². The smallest absolute Gasteiger partial charge is 0.234 e. The van der Waals surface area contributed by atoms with Crippen LogP contribution in [0.15, 0.2) is 12.4 Å². The zero-order chi connectivity index (χ0) is 12.1. The summed E-state index contributed by atoms with van der Waals surface area (Å²) >= 11 is 0. The van der Waals surface area contributed by atoms with Gasteiger partial charge in [-0.15, -0.1) is 0 Å². The molecular weight excluding hydrogens is 216 g/mol. The van der Waals surface area contributed by atoms with Crippen LogP contribution in [0.5, 0.6) is 5.88 Å². The van der Waals surface area contributed by atoms with Crippen LogP contribution in [-0.4, -0.2) is 35.2 Å². The lowest BCUT2D eigenvalue weighted by Gasteiger charge is -2.30. The van der Waals surface area contributed by atoms with Crippen LogP contribution in [-0.2, 0) is 0 Å². The molecule has 1 saturated heterocycles. The molecule has 94 valence electrons. The van der Waals surface area contributed by atoms with Crippen molar-refractivity contribution in [3.63, 3.8) is 0 Å². The van der Waals surface area contributed by atoms with Crippen LogP contribution in [0.3, 0.4) is 0 Å². The molecular formula is C12H20N4O. The van der Waals surface area contributed by atoms with Gasteiger partial charge in [-0.1, -0.05) is 0 Å². The quantitative estimate of drug-likeness (QED) is 0.828. The molecule has 1 fully saturated rings. The molecule has 1 aliphatic rings. The lowest BCUT2D eigenvalue weighted by Crippen LogP contribution is -2.46. The van der Waals surface area contributed by atoms with E-state index in [0.29, 0.717) is 24.6 Å². The molecule has 5 nitrogen and oxygen atoms in total. The van der Waals surface area contributed by atoms with E-state index in [2.05, 4.69) is 27.5 Å². The Morgan fingerprint density at radius 2 is 2.41 bits per heavy atom. The first-order chi connectivity index (χ1) is 8.29. The third-order valence-corrected chi connectivity index (χ3v) is 3.00. The van der Waals surface area contributed by atoms with Gasteiger partial charge in [0.15, 0.2) is 0 Å². The largest absolute Gasteiger partial charge is 0.477 e. The highest BCUT2D eigenvalue weighted by Gasteiger charge is 2.20. The fraction of sp³-hybridized carbons (Fsp3) is 0.667. The predicted molar refractivity (Wildman–Crippen MR) is 67.3 cm³/mol. The summed E-state index contributed by atoms with van der Waals surface area (Å²) < 4.78 is 5.33. The Balaban J connectivity index is 1.99. The van der Waals surface area contributed by atoms with E-state index in [1.54, 1.807) is 12.4 Å². The van der Waals surface area contributed by atoms with Crippen molar-refractivity contribution < 1.29 is 4.74 Å². The third-order valence-electron chi connectivity index (χ3n) is 3.00. The maximum absolute atomic E-state index is 5.33. The Labute approximate surface area is 102 Å². The van der Waals surface area contributed by atoms with Gasteiger partial charge in [0, 0.05) is 12.1 Å². The Hall–Kier alpha value is -1.36. The highest BCUT2D eigenvalue weighted by Crippen LogP contribution is 2.15. The van der Waals surface area contributed by atoms with E-state index in [1.165, 1.54) is 6.42 Å². The average Bonchev–Trinajstić information content (AvgIpc) is 2.33. The van der Waals surface area contributed by atoms with Gasteiger partial charge in [-0.25, -0.2) is 0 Å². The molecule has 1 aromatic rings. The van der Waals surface area contributed by atoms with E-state index >= 15 is 0 Å². The van der Waals surface area contributed by atoms with Crippen molar-refractivity contribution in [3.05, 3.63) is 12.4 Å². The lowest BCUT2D eigenvalue weighted by molar-refractivity contribution is 0.325. The van der Waals surface area contributed by atoms with E-state index in [4.69, 9.17) is 4.74 Å². The van der Waals surface area contributed by atoms with E-state index in [9.17, 15) is 0 Å². The van der Waals surface area contributed by atoms with Crippen molar-refractivity contribution >= 4 is 5.82 Å². The maximum atomic E-state index is 5.33. The topological polar surface area (TPSA) is 59.1 Å². The van der Waals surface area contributed by atoms with Crippen LogP contribution in [0, 0.1) is 0 Å². The summed E-state index contributed by atoms with van der Waals surface area (Å²) in [6.07, 6.45) is 5.73. The molecule has 1 aromatic heterocycles. The van der Waals surface area contributed by atoms with Crippen molar-refractivity contribution in [3.8, 4) is 5.88 Å². The molecule has 0 spiro atoms. The van der Waals surface area contributed by atoms with Crippen LogP contribution in [0.4, 0.5) is 5.82 Å². The Morgan fingerprint density at radius 1 is 1.53 bits per heavy atom. The number of anilines is 1. The second-order valence-electron chi connectivity index (χ2n) is 4.31. The second-order valence-corrected chi connectivity index (χ2v) is 4.31. The minimum Gasteiger partial charge on any atom is -0.477 e. The van der Waals surface area contributed by atoms with Gasteiger partial charge in [0.1, 0.15) is 5.82 Å². The first-order valence-corrected chi connectivity index (χ1v) is 6.24. The summed E-state index contributed by atoms with van der Waals surface area (Å²) in [7, 11) is 0. The molecule has 0 aliphatic carbocycles. The summed E-state index contributed by atoms with van der Waals surface area (Å²) in [4.78, 5) is 8.49. The summed E-state index contributed by atoms with van der Waals surface area (Å²) in [5, 5.41) is 6.86. The molecule has 2 heterocycles. The lowest BCUT2D eigenvalue weighted by atomic mass is 10.00. The molecule has 17 heavy (non-hydrogen) atoms. The predicted octanol–water partition coefficient (Wildman–Crippen LogP) is 1.43. The fourth-order valence-corrected chi connectivity index (χ4v) is 2.07. The fourth-order valence-electron chi connectivity index (χ4n) is 2.07. The molecule has 2 atom stereocenters. The van der Waals surface area contributed by atoms with Gasteiger partial charge in [0.2, 0.25) is 5.88 Å². The second kappa shape index (κ2) is 5.82. The van der Waals surface area contributed by atoms with Crippen LogP contribution in [0.25, 0.3) is 0 Å². The number of nitrogens with one attached hydrogen (secondary N) is 2. The zero-order valence-electron chi connectivity index (χ0n) is 10.4. The van der Waals surface area contributed by atoms with Gasteiger partial charge in [0.05, 0.1) is 19.0 Å². The molecule has 0 aromatic carbocycles. The summed E-state index contributed by atoms with van der Waals surface area (Å²) in [6.45, 7) is 5.84. The number of hydrogen-bond acceptors (Lipinski definition) is 5. The summed E-state index contributed by atoms with van der Waals surface area (Å²) in [6, 6.07) is 0.872. The van der Waals surface area contributed by atoms with Gasteiger partial charge in [-0.3, -0.25) is 4.98 Å². The number of piperidine rings is 1. The first-order valence-electron chi connectivity index (χ1n) is 6.24. The van der Waals surface area contributed by atoms with E-state index in [1.807, 2.05) is 6.92 Å². The SMILES string of the molecule is CCOc1cncc(NC2CCCNC2C)n1. The van der Waals surface area contributed by atoms with Gasteiger partial charge < -0.3 is 15.4 Å². The minimum atomic E-state index is 0.412. The molecule has 2 unspecified atom stereocenters. The van der Waals surface area contributed by atoms with Crippen LogP contribution in [0.2, 0.25) is 0 Å². The van der Waals surface area contributed by atoms with Gasteiger partial charge in [-0.05, 0) is 33.2 Å². The molecule has 2 rings (SSSR count). The number of hydrogen-bond donors (Lipinski definition) is 2. The Morgan fingerprint density at radius 3 is 3.18 bits per heavy atom. The maximum Gasteiger partial charge on any atom is 0.234 e. The van der Waals surface area contributed by atoms with E-state index in [0.717, 1.165) is 18.8 Å². The molecule has 2 N–H and O–H groups in total. The molecule has 0 amide bonds. The monoisotopic (exact) mass is 236 g/mol. The Bertz CT molecular complexity index is 358. The zero-order valence-corrected chi connectivity index (χ0v) is 10.4.